The summed E-state index contributed by atoms with van der Waals surface area (Å²) in [5, 5.41) is 7.67. The number of hydrogen-bond acceptors (Lipinski definition) is 7. The molecule has 1 N–H and O–H groups in total. The van der Waals surface area contributed by atoms with Crippen LogP contribution in [0.4, 0.5) is 5.95 Å². The maximum atomic E-state index is 5.52. The molecule has 1 atom stereocenters. The van der Waals surface area contributed by atoms with Crippen LogP contribution in [0.2, 0.25) is 0 Å². The number of nitrogens with one attached hydrogen (secondary N) is 1. The molecule has 1 aliphatic rings. The number of morpholine rings is 1. The van der Waals surface area contributed by atoms with Crippen LogP contribution in [-0.4, -0.2) is 62.5 Å². The number of pyridine rings is 1. The quantitative estimate of drug-likeness (QED) is 0.702. The van der Waals surface area contributed by atoms with Gasteiger partial charge in [0.2, 0.25) is 5.95 Å². The van der Waals surface area contributed by atoms with Gasteiger partial charge in [0, 0.05) is 57.0 Å². The molecule has 28 heavy (non-hydrogen) atoms. The first-order valence-corrected chi connectivity index (χ1v) is 9.49. The van der Waals surface area contributed by atoms with Gasteiger partial charge in [-0.3, -0.25) is 14.6 Å². The van der Waals surface area contributed by atoms with E-state index in [9.17, 15) is 0 Å². The van der Waals surface area contributed by atoms with Gasteiger partial charge in [-0.2, -0.15) is 5.10 Å². The van der Waals surface area contributed by atoms with Gasteiger partial charge in [-0.05, 0) is 24.1 Å². The van der Waals surface area contributed by atoms with Crippen LogP contribution in [0.1, 0.15) is 17.2 Å². The highest BCUT2D eigenvalue weighted by Crippen LogP contribution is 2.23. The van der Waals surface area contributed by atoms with Crippen LogP contribution in [0, 0.1) is 6.92 Å². The van der Waals surface area contributed by atoms with Gasteiger partial charge in [0.15, 0.2) is 0 Å². The largest absolute Gasteiger partial charge is 0.379 e. The molecule has 4 rings (SSSR count). The van der Waals surface area contributed by atoms with Crippen LogP contribution in [0.3, 0.4) is 0 Å². The molecule has 0 aliphatic carbocycles. The van der Waals surface area contributed by atoms with Gasteiger partial charge in [-0.1, -0.05) is 6.07 Å². The number of rotatable bonds is 6. The minimum absolute atomic E-state index is 0.185. The molecule has 146 valence electrons. The van der Waals surface area contributed by atoms with Gasteiger partial charge in [0.25, 0.3) is 0 Å². The molecule has 4 heterocycles. The van der Waals surface area contributed by atoms with E-state index in [0.29, 0.717) is 12.5 Å². The van der Waals surface area contributed by atoms with Gasteiger partial charge in [-0.15, -0.1) is 0 Å². The second kappa shape index (κ2) is 8.45. The third-order valence-corrected chi connectivity index (χ3v) is 4.96. The number of anilines is 1. The van der Waals surface area contributed by atoms with Crippen LogP contribution in [0.5, 0.6) is 0 Å². The molecular formula is C20H25N7O. The predicted octanol–water partition coefficient (Wildman–Crippen LogP) is 2.07. The first-order chi connectivity index (χ1) is 13.7. The summed E-state index contributed by atoms with van der Waals surface area (Å²) in [6, 6.07) is 4.28. The molecule has 3 aromatic heterocycles. The lowest BCUT2D eigenvalue weighted by molar-refractivity contribution is 0.0186. The third kappa shape index (κ3) is 4.18. The lowest BCUT2D eigenvalue weighted by Gasteiger charge is -2.34. The fourth-order valence-corrected chi connectivity index (χ4v) is 3.47. The summed E-state index contributed by atoms with van der Waals surface area (Å²) in [6.07, 6.45) is 9.37. The Morgan fingerprint density at radius 3 is 2.79 bits per heavy atom. The number of ether oxygens (including phenoxy) is 1. The van der Waals surface area contributed by atoms with Crippen LogP contribution in [0.25, 0.3) is 11.3 Å². The highest BCUT2D eigenvalue weighted by molar-refractivity contribution is 5.62. The van der Waals surface area contributed by atoms with Crippen LogP contribution < -0.4 is 5.32 Å². The Kier molecular flexibility index (Phi) is 5.59. The molecule has 8 heteroatoms. The van der Waals surface area contributed by atoms with E-state index in [1.54, 1.807) is 10.9 Å². The third-order valence-electron chi connectivity index (χ3n) is 4.96. The Bertz CT molecular complexity index is 906. The normalized spacial score (nSPS) is 16.1. The molecule has 1 aliphatic heterocycles. The highest BCUT2D eigenvalue weighted by atomic mass is 16.5. The zero-order chi connectivity index (χ0) is 19.3. The predicted molar refractivity (Wildman–Crippen MR) is 107 cm³/mol. The number of nitrogens with zero attached hydrogens (tertiary/aromatic N) is 6. The van der Waals surface area contributed by atoms with Gasteiger partial charge in [-0.25, -0.2) is 9.97 Å². The molecule has 3 aromatic rings. The molecule has 8 nitrogen and oxygen atoms in total. The summed E-state index contributed by atoms with van der Waals surface area (Å²) in [6.45, 7) is 6.01. The smallest absolute Gasteiger partial charge is 0.223 e. The van der Waals surface area contributed by atoms with Gasteiger partial charge >= 0.3 is 0 Å². The zero-order valence-corrected chi connectivity index (χ0v) is 16.2. The van der Waals surface area contributed by atoms with Crippen molar-refractivity contribution in [2.24, 2.45) is 7.05 Å². The summed E-state index contributed by atoms with van der Waals surface area (Å²) in [5.74, 6) is 0.617. The molecule has 0 amide bonds. The molecule has 0 unspecified atom stereocenters. The average Bonchev–Trinajstić information content (AvgIpc) is 3.17. The molecule has 1 fully saturated rings. The Morgan fingerprint density at radius 1 is 1.21 bits per heavy atom. The fourth-order valence-electron chi connectivity index (χ4n) is 3.47. The van der Waals surface area contributed by atoms with Crippen molar-refractivity contribution >= 4 is 5.95 Å². The number of aromatic nitrogens is 5. The SMILES string of the molecule is Cc1cnc(NC[C@@H](c2cccnc2)N2CCOCC2)nc1-c1cnn(C)c1. The van der Waals surface area contributed by atoms with Crippen molar-refractivity contribution in [2.45, 2.75) is 13.0 Å². The van der Waals surface area contributed by atoms with E-state index in [1.807, 2.05) is 44.8 Å². The van der Waals surface area contributed by atoms with Crippen molar-refractivity contribution in [1.29, 1.82) is 0 Å². The molecule has 0 spiro atoms. The topological polar surface area (TPSA) is 81.0 Å². The molecule has 1 saturated heterocycles. The number of hydrogen-bond donors (Lipinski definition) is 1. The number of aryl methyl sites for hydroxylation is 2. The minimum atomic E-state index is 0.185. The van der Waals surface area contributed by atoms with Gasteiger partial charge in [0.05, 0.1) is 31.1 Å². The summed E-state index contributed by atoms with van der Waals surface area (Å²) in [4.78, 5) is 15.9. The van der Waals surface area contributed by atoms with Crippen molar-refractivity contribution in [3.63, 3.8) is 0 Å². The molecule has 0 bridgehead atoms. The van der Waals surface area contributed by atoms with E-state index in [4.69, 9.17) is 9.72 Å². The van der Waals surface area contributed by atoms with Crippen LogP contribution in [0.15, 0.2) is 43.1 Å². The Hall–Kier alpha value is -2.84. The summed E-state index contributed by atoms with van der Waals surface area (Å²) in [7, 11) is 1.90. The highest BCUT2D eigenvalue weighted by Gasteiger charge is 2.23. The van der Waals surface area contributed by atoms with Crippen molar-refractivity contribution in [1.82, 2.24) is 29.6 Å². The van der Waals surface area contributed by atoms with E-state index in [-0.39, 0.29) is 6.04 Å². The Morgan fingerprint density at radius 2 is 2.07 bits per heavy atom. The lowest BCUT2D eigenvalue weighted by atomic mass is 10.1. The van der Waals surface area contributed by atoms with Crippen molar-refractivity contribution in [2.75, 3.05) is 38.2 Å². The van der Waals surface area contributed by atoms with Crippen molar-refractivity contribution in [3.05, 3.63) is 54.2 Å². The van der Waals surface area contributed by atoms with E-state index < -0.39 is 0 Å². The van der Waals surface area contributed by atoms with Gasteiger partial charge < -0.3 is 10.1 Å². The Balaban J connectivity index is 1.54. The van der Waals surface area contributed by atoms with E-state index >= 15 is 0 Å². The monoisotopic (exact) mass is 379 g/mol. The van der Waals surface area contributed by atoms with E-state index in [1.165, 1.54) is 5.56 Å². The second-order valence-electron chi connectivity index (χ2n) is 6.96. The molecule has 0 saturated carbocycles. The average molecular weight is 379 g/mol. The first-order valence-electron chi connectivity index (χ1n) is 9.49. The van der Waals surface area contributed by atoms with Crippen molar-refractivity contribution < 1.29 is 4.74 Å². The summed E-state index contributed by atoms with van der Waals surface area (Å²) >= 11 is 0. The second-order valence-corrected chi connectivity index (χ2v) is 6.96. The van der Waals surface area contributed by atoms with Crippen LogP contribution >= 0.6 is 0 Å². The van der Waals surface area contributed by atoms with Gasteiger partial charge in [0.1, 0.15) is 0 Å². The first kappa shape index (κ1) is 18.5. The van der Waals surface area contributed by atoms with Crippen molar-refractivity contribution in [3.8, 4) is 11.3 Å². The lowest BCUT2D eigenvalue weighted by Crippen LogP contribution is -2.41. The molecular weight excluding hydrogens is 354 g/mol. The van der Waals surface area contributed by atoms with E-state index in [2.05, 4.69) is 31.3 Å². The summed E-state index contributed by atoms with van der Waals surface area (Å²) in [5.41, 5.74) is 4.09. The molecule has 0 radical (unpaired) electrons. The zero-order valence-electron chi connectivity index (χ0n) is 16.2. The minimum Gasteiger partial charge on any atom is -0.379 e. The maximum absolute atomic E-state index is 5.52. The van der Waals surface area contributed by atoms with E-state index in [0.717, 1.165) is 43.1 Å². The summed E-state index contributed by atoms with van der Waals surface area (Å²) < 4.78 is 7.30. The maximum Gasteiger partial charge on any atom is 0.223 e. The Labute approximate surface area is 164 Å². The van der Waals surface area contributed by atoms with Crippen LogP contribution in [-0.2, 0) is 11.8 Å². The standard InChI is InChI=1S/C20H25N7O/c1-15-10-22-20(25-19(15)17-12-24-26(2)14-17)23-13-18(16-4-3-5-21-11-16)27-6-8-28-9-7-27/h3-5,10-12,14,18H,6-9,13H2,1-2H3,(H,22,23,25)/t18-/m0/s1. The fraction of sp³-hybridized carbons (Fsp3) is 0.400. The molecule has 0 aromatic carbocycles.